The minimum Gasteiger partial charge on any atom is -0.364 e. The number of nitrogens with two attached hydrogens (primary N) is 1. The van der Waals surface area contributed by atoms with Gasteiger partial charge in [0.1, 0.15) is 0 Å². The van der Waals surface area contributed by atoms with Crippen LogP contribution in [-0.4, -0.2) is 38.1 Å². The van der Waals surface area contributed by atoms with Crippen molar-refractivity contribution in [2.24, 2.45) is 5.73 Å². The average Bonchev–Trinajstić information content (AvgIpc) is 3.15. The highest BCUT2D eigenvalue weighted by Crippen LogP contribution is 2.37. The Morgan fingerprint density at radius 3 is 2.42 bits per heavy atom. The molecule has 0 bridgehead atoms. The summed E-state index contributed by atoms with van der Waals surface area (Å²) in [6, 6.07) is 7.73. The Balaban J connectivity index is 2.08. The van der Waals surface area contributed by atoms with E-state index in [2.05, 4.69) is 53.1 Å². The summed E-state index contributed by atoms with van der Waals surface area (Å²) in [7, 11) is 0. The molecule has 2 aliphatic heterocycles. The molecule has 166 valence electrons. The van der Waals surface area contributed by atoms with Gasteiger partial charge in [0.05, 0.1) is 11.4 Å². The molecule has 0 aromatic heterocycles. The van der Waals surface area contributed by atoms with E-state index in [0.717, 1.165) is 28.6 Å². The number of aromatic nitrogens is 4. The number of Topliss-reactive ketones (excluding diaryl/α,β-unsaturated/α-hetero) is 1. The molecule has 8 nitrogen and oxygen atoms in total. The van der Waals surface area contributed by atoms with E-state index in [1.54, 1.807) is 6.92 Å². The summed E-state index contributed by atoms with van der Waals surface area (Å²) < 4.78 is 2.14. The monoisotopic (exact) mass is 423 g/mol. The maximum Gasteiger partial charge on any atom is 0.205 e. The summed E-state index contributed by atoms with van der Waals surface area (Å²) >= 11 is 0. The van der Waals surface area contributed by atoms with E-state index in [-0.39, 0.29) is 23.8 Å². The van der Waals surface area contributed by atoms with Gasteiger partial charge in [-0.3, -0.25) is 4.79 Å². The molecule has 8 heteroatoms. The number of hydrogen-bond acceptors (Lipinski definition) is 7. The normalized spacial score (nSPS) is 12.5. The zero-order valence-electron chi connectivity index (χ0n) is 19.2. The lowest BCUT2D eigenvalue weighted by molar-refractivity contribution is 0.101. The number of nitrogens with one attached hydrogen (secondary N) is 2. The number of anilines is 2. The van der Waals surface area contributed by atoms with Crippen molar-refractivity contribution in [2.75, 3.05) is 17.2 Å². The van der Waals surface area contributed by atoms with E-state index in [9.17, 15) is 4.79 Å². The van der Waals surface area contributed by atoms with Crippen LogP contribution in [0.4, 0.5) is 11.8 Å². The first-order valence-corrected chi connectivity index (χ1v) is 10.8. The van der Waals surface area contributed by atoms with Gasteiger partial charge in [-0.1, -0.05) is 38.1 Å². The quantitative estimate of drug-likeness (QED) is 0.445. The van der Waals surface area contributed by atoms with Gasteiger partial charge in [-0.25, -0.2) is 0 Å². The Morgan fingerprint density at radius 2 is 1.81 bits per heavy atom. The second kappa shape index (κ2) is 9.43. The number of carbonyl (C=O) groups is 1. The Hall–Kier alpha value is -3.00. The molecule has 1 unspecified atom stereocenters. The summed E-state index contributed by atoms with van der Waals surface area (Å²) in [6.07, 6.45) is 0. The largest absolute Gasteiger partial charge is 0.364 e. The van der Waals surface area contributed by atoms with E-state index in [0.29, 0.717) is 24.5 Å². The SMILES string of the molecule is CC(=O)c1ccccc1CNc1nc(NCC(C)N)n(C(C)C)c2c(C(C)C)nnc1-2. The maximum absolute atomic E-state index is 12.0. The molecule has 0 spiro atoms. The summed E-state index contributed by atoms with van der Waals surface area (Å²) in [6.45, 7) is 13.0. The van der Waals surface area contributed by atoms with Crippen LogP contribution in [0.2, 0.25) is 0 Å². The van der Waals surface area contributed by atoms with Crippen molar-refractivity contribution >= 4 is 17.5 Å². The Bertz CT molecular complexity index is 1020. The Labute approximate surface area is 184 Å². The van der Waals surface area contributed by atoms with Crippen molar-refractivity contribution in [1.82, 2.24) is 19.7 Å². The second-order valence-electron chi connectivity index (χ2n) is 8.61. The predicted octanol–water partition coefficient (Wildman–Crippen LogP) is 4.06. The van der Waals surface area contributed by atoms with Crippen LogP contribution in [-0.2, 0) is 6.54 Å². The first kappa shape index (κ1) is 22.7. The van der Waals surface area contributed by atoms with Gasteiger partial charge in [-0.2, -0.15) is 10.1 Å². The standard InChI is InChI=1S/C23H33N7O/c1-13(2)19-21-20(29-28-19)22(25-12-17-9-7-8-10-18(17)16(6)31)27-23(26-11-15(5)24)30(21)14(3)4/h7-10,13-15,25H,11-12,24H2,1-6H3,(H,26,27). The van der Waals surface area contributed by atoms with E-state index in [1.807, 2.05) is 31.2 Å². The molecule has 0 amide bonds. The molecule has 2 aliphatic rings. The van der Waals surface area contributed by atoms with E-state index in [1.165, 1.54) is 0 Å². The fourth-order valence-electron chi connectivity index (χ4n) is 3.62. The van der Waals surface area contributed by atoms with Crippen LogP contribution < -0.4 is 16.4 Å². The second-order valence-corrected chi connectivity index (χ2v) is 8.61. The maximum atomic E-state index is 12.0. The molecule has 0 saturated heterocycles. The molecule has 31 heavy (non-hydrogen) atoms. The first-order valence-electron chi connectivity index (χ1n) is 10.8. The van der Waals surface area contributed by atoms with Crippen molar-refractivity contribution in [3.63, 3.8) is 0 Å². The summed E-state index contributed by atoms with van der Waals surface area (Å²) in [5.41, 5.74) is 10.2. The fraction of sp³-hybridized carbons (Fsp3) is 0.478. The van der Waals surface area contributed by atoms with E-state index < -0.39 is 0 Å². The third-order valence-corrected chi connectivity index (χ3v) is 5.12. The number of hydrogen-bond donors (Lipinski definition) is 3. The van der Waals surface area contributed by atoms with Crippen LogP contribution in [0.5, 0.6) is 0 Å². The molecule has 0 radical (unpaired) electrons. The zero-order chi connectivity index (χ0) is 22.7. The molecule has 3 rings (SSSR count). The van der Waals surface area contributed by atoms with E-state index >= 15 is 0 Å². The number of ketones is 1. The van der Waals surface area contributed by atoms with Crippen molar-refractivity contribution in [3.8, 4) is 11.4 Å². The third-order valence-electron chi connectivity index (χ3n) is 5.12. The van der Waals surface area contributed by atoms with Crippen molar-refractivity contribution in [3.05, 3.63) is 41.1 Å². The summed E-state index contributed by atoms with van der Waals surface area (Å²) in [5.74, 6) is 1.61. The Kier molecular flexibility index (Phi) is 6.90. The molecule has 0 saturated carbocycles. The van der Waals surface area contributed by atoms with Gasteiger partial charge in [-0.15, -0.1) is 5.10 Å². The Morgan fingerprint density at radius 1 is 1.10 bits per heavy atom. The first-order chi connectivity index (χ1) is 14.7. The topological polar surface area (TPSA) is 111 Å². The molecule has 2 heterocycles. The van der Waals surface area contributed by atoms with Gasteiger partial charge in [0, 0.05) is 30.7 Å². The van der Waals surface area contributed by atoms with Crippen LogP contribution in [0, 0.1) is 0 Å². The van der Waals surface area contributed by atoms with Gasteiger partial charge in [0.2, 0.25) is 5.95 Å². The molecule has 0 aliphatic carbocycles. The van der Waals surface area contributed by atoms with Crippen LogP contribution >= 0.6 is 0 Å². The molecule has 4 N–H and O–H groups in total. The zero-order valence-corrected chi connectivity index (χ0v) is 19.2. The van der Waals surface area contributed by atoms with E-state index in [4.69, 9.17) is 10.7 Å². The molecule has 1 aromatic carbocycles. The number of nitrogens with zero attached hydrogens (tertiary/aromatic N) is 4. The molecular weight excluding hydrogens is 390 g/mol. The highest BCUT2D eigenvalue weighted by atomic mass is 16.1. The molecule has 1 atom stereocenters. The number of rotatable bonds is 9. The smallest absolute Gasteiger partial charge is 0.205 e. The fourth-order valence-corrected chi connectivity index (χ4v) is 3.62. The predicted molar refractivity (Wildman–Crippen MR) is 125 cm³/mol. The lowest BCUT2D eigenvalue weighted by Crippen LogP contribution is -2.28. The summed E-state index contributed by atoms with van der Waals surface area (Å²) in [4.78, 5) is 16.9. The number of benzene rings is 1. The van der Waals surface area contributed by atoms with Crippen LogP contribution in [0.25, 0.3) is 11.4 Å². The van der Waals surface area contributed by atoms with Gasteiger partial charge >= 0.3 is 0 Å². The summed E-state index contributed by atoms with van der Waals surface area (Å²) in [5, 5.41) is 15.7. The molecule has 1 aromatic rings. The highest BCUT2D eigenvalue weighted by Gasteiger charge is 2.28. The van der Waals surface area contributed by atoms with Crippen molar-refractivity contribution in [1.29, 1.82) is 0 Å². The van der Waals surface area contributed by atoms with Crippen LogP contribution in [0.1, 0.15) is 75.1 Å². The van der Waals surface area contributed by atoms with Crippen LogP contribution in [0.3, 0.4) is 0 Å². The molecular formula is C23H33N7O. The van der Waals surface area contributed by atoms with Gasteiger partial charge in [0.25, 0.3) is 0 Å². The van der Waals surface area contributed by atoms with Crippen molar-refractivity contribution < 1.29 is 4.79 Å². The lowest BCUT2D eigenvalue weighted by Gasteiger charge is -2.25. The van der Waals surface area contributed by atoms with Gasteiger partial charge in [0.15, 0.2) is 17.3 Å². The van der Waals surface area contributed by atoms with Crippen LogP contribution in [0.15, 0.2) is 24.3 Å². The number of fused-ring (bicyclic) bond motifs is 1. The number of carbonyl (C=O) groups excluding carboxylic acids is 1. The highest BCUT2D eigenvalue weighted by molar-refractivity contribution is 5.95. The molecule has 0 fully saturated rings. The lowest BCUT2D eigenvalue weighted by atomic mass is 10.0. The average molecular weight is 424 g/mol. The minimum absolute atomic E-state index is 0.0163. The van der Waals surface area contributed by atoms with Crippen molar-refractivity contribution in [2.45, 2.75) is 66.1 Å². The third kappa shape index (κ3) is 4.85. The minimum atomic E-state index is -0.0163. The van der Waals surface area contributed by atoms with Gasteiger partial charge < -0.3 is 20.9 Å². The van der Waals surface area contributed by atoms with Gasteiger partial charge in [-0.05, 0) is 39.2 Å².